The van der Waals surface area contributed by atoms with Gasteiger partial charge in [0.25, 0.3) is 0 Å². The van der Waals surface area contributed by atoms with Crippen LogP contribution in [-0.4, -0.2) is 17.8 Å². The molecule has 1 aromatic carbocycles. The Balaban J connectivity index is 2.19. The maximum atomic E-state index is 13.6. The van der Waals surface area contributed by atoms with Crippen molar-refractivity contribution in [1.82, 2.24) is 5.32 Å². The van der Waals surface area contributed by atoms with Crippen LogP contribution in [0.25, 0.3) is 0 Å². The molecule has 0 heterocycles. The molecule has 17 heavy (non-hydrogen) atoms. The van der Waals surface area contributed by atoms with E-state index in [9.17, 15) is 4.39 Å². The van der Waals surface area contributed by atoms with Crippen LogP contribution in [0.3, 0.4) is 0 Å². The van der Waals surface area contributed by atoms with Crippen molar-refractivity contribution >= 4 is 15.9 Å². The third kappa shape index (κ3) is 2.69. The molecule has 0 fully saturated rings. The third-order valence-electron chi connectivity index (χ3n) is 3.33. The summed E-state index contributed by atoms with van der Waals surface area (Å²) in [6.07, 6.45) is 2.42. The molecule has 1 unspecified atom stereocenters. The summed E-state index contributed by atoms with van der Waals surface area (Å²) >= 11 is 3.49. The minimum atomic E-state index is -0.109. The molecule has 2 N–H and O–H groups in total. The second-order valence-electron chi connectivity index (χ2n) is 4.59. The number of hydrogen-bond acceptors (Lipinski definition) is 2. The van der Waals surface area contributed by atoms with Crippen molar-refractivity contribution in [3.8, 4) is 0 Å². The van der Waals surface area contributed by atoms with Crippen LogP contribution in [0.15, 0.2) is 16.6 Å². The highest BCUT2D eigenvalue weighted by Crippen LogP contribution is 2.38. The van der Waals surface area contributed by atoms with Gasteiger partial charge in [-0.05, 0) is 49.4 Å². The Kier molecular flexibility index (Phi) is 4.17. The first-order valence-corrected chi connectivity index (χ1v) is 6.76. The van der Waals surface area contributed by atoms with Crippen LogP contribution in [0.4, 0.5) is 4.39 Å². The van der Waals surface area contributed by atoms with E-state index in [1.807, 2.05) is 6.92 Å². The molecule has 1 aliphatic rings. The van der Waals surface area contributed by atoms with Gasteiger partial charge in [0.05, 0.1) is 0 Å². The van der Waals surface area contributed by atoms with Gasteiger partial charge in [-0.1, -0.05) is 15.9 Å². The molecule has 0 aliphatic heterocycles. The highest BCUT2D eigenvalue weighted by atomic mass is 79.9. The maximum absolute atomic E-state index is 13.6. The monoisotopic (exact) mass is 301 g/mol. The predicted molar refractivity (Wildman–Crippen MR) is 69.5 cm³/mol. The first kappa shape index (κ1) is 13.0. The highest BCUT2D eigenvalue weighted by Gasteiger charge is 2.27. The van der Waals surface area contributed by atoms with Crippen LogP contribution in [0.1, 0.15) is 36.9 Å². The summed E-state index contributed by atoms with van der Waals surface area (Å²) in [4.78, 5) is 0. The molecule has 0 saturated heterocycles. The minimum absolute atomic E-state index is 0.109. The molecule has 2 rings (SSSR count). The molecule has 1 aliphatic carbocycles. The summed E-state index contributed by atoms with van der Waals surface area (Å²) in [6, 6.07) is 3.72. The molecule has 0 bridgehead atoms. The lowest BCUT2D eigenvalue weighted by molar-refractivity contribution is 0.263. The van der Waals surface area contributed by atoms with Crippen molar-refractivity contribution in [2.45, 2.75) is 38.3 Å². The van der Waals surface area contributed by atoms with Crippen molar-refractivity contribution in [2.24, 2.45) is 0 Å². The maximum Gasteiger partial charge on any atom is 0.126 e. The first-order chi connectivity index (χ1) is 8.13. The summed E-state index contributed by atoms with van der Waals surface area (Å²) in [7, 11) is 0. The lowest BCUT2D eigenvalue weighted by Gasteiger charge is -2.20. The van der Waals surface area contributed by atoms with E-state index < -0.39 is 0 Å². The smallest absolute Gasteiger partial charge is 0.126 e. The van der Waals surface area contributed by atoms with Gasteiger partial charge < -0.3 is 10.4 Å². The highest BCUT2D eigenvalue weighted by molar-refractivity contribution is 9.10. The molecule has 1 aromatic rings. The lowest BCUT2D eigenvalue weighted by Crippen LogP contribution is -2.30. The standard InChI is InChI=1S/C13H17BrFNO/c1-8(6-7-17)16-12-5-2-9-11(15)4-3-10(14)13(9)12/h3-4,8,12,16-17H,2,5-7H2,1H3/t8-,12?/m1/s1. The molecule has 0 aromatic heterocycles. The number of rotatable bonds is 4. The van der Waals surface area contributed by atoms with Gasteiger partial charge in [0.2, 0.25) is 0 Å². The Morgan fingerprint density at radius 1 is 1.59 bits per heavy atom. The molecule has 94 valence electrons. The van der Waals surface area contributed by atoms with Gasteiger partial charge in [0.15, 0.2) is 0 Å². The third-order valence-corrected chi connectivity index (χ3v) is 4.02. The molecule has 0 amide bonds. The van der Waals surface area contributed by atoms with Gasteiger partial charge >= 0.3 is 0 Å². The van der Waals surface area contributed by atoms with Crippen LogP contribution >= 0.6 is 15.9 Å². The number of fused-ring (bicyclic) bond motifs is 1. The molecule has 2 nitrogen and oxygen atoms in total. The quantitative estimate of drug-likeness (QED) is 0.896. The normalized spacial score (nSPS) is 20.4. The molecule has 0 spiro atoms. The zero-order valence-electron chi connectivity index (χ0n) is 9.84. The zero-order chi connectivity index (χ0) is 12.4. The van der Waals surface area contributed by atoms with Crippen molar-refractivity contribution in [3.05, 3.63) is 33.5 Å². The van der Waals surface area contributed by atoms with E-state index in [2.05, 4.69) is 21.2 Å². The molecule has 2 atom stereocenters. The molecule has 4 heteroatoms. The van der Waals surface area contributed by atoms with Gasteiger partial charge in [-0.25, -0.2) is 4.39 Å². The van der Waals surface area contributed by atoms with Gasteiger partial charge in [-0.15, -0.1) is 0 Å². The summed E-state index contributed by atoms with van der Waals surface area (Å²) in [5.74, 6) is -0.109. The van der Waals surface area contributed by atoms with E-state index in [1.54, 1.807) is 6.07 Å². The van der Waals surface area contributed by atoms with Gasteiger partial charge in [-0.2, -0.15) is 0 Å². The van der Waals surface area contributed by atoms with Crippen molar-refractivity contribution in [1.29, 1.82) is 0 Å². The van der Waals surface area contributed by atoms with Gasteiger partial charge in [0, 0.05) is 23.2 Å². The molecule has 0 radical (unpaired) electrons. The Morgan fingerprint density at radius 3 is 3.06 bits per heavy atom. The van der Waals surface area contributed by atoms with Crippen molar-refractivity contribution in [2.75, 3.05) is 6.61 Å². The molecular weight excluding hydrogens is 285 g/mol. The Morgan fingerprint density at radius 2 is 2.35 bits per heavy atom. The first-order valence-electron chi connectivity index (χ1n) is 5.97. The summed E-state index contributed by atoms with van der Waals surface area (Å²) in [5, 5.41) is 12.3. The Labute approximate surface area is 109 Å². The number of aliphatic hydroxyl groups excluding tert-OH is 1. The molecule has 0 saturated carbocycles. The minimum Gasteiger partial charge on any atom is -0.396 e. The largest absolute Gasteiger partial charge is 0.396 e. The van der Waals surface area contributed by atoms with Gasteiger partial charge in [0.1, 0.15) is 5.82 Å². The fraction of sp³-hybridized carbons (Fsp3) is 0.538. The van der Waals surface area contributed by atoms with E-state index in [0.717, 1.165) is 34.9 Å². The average molecular weight is 302 g/mol. The fourth-order valence-electron chi connectivity index (χ4n) is 2.46. The lowest BCUT2D eigenvalue weighted by atomic mass is 10.1. The van der Waals surface area contributed by atoms with E-state index in [4.69, 9.17) is 5.11 Å². The SMILES string of the molecule is C[C@H](CCO)NC1CCc2c(F)ccc(Br)c21. The van der Waals surface area contributed by atoms with Crippen LogP contribution < -0.4 is 5.32 Å². The second kappa shape index (κ2) is 5.46. The Bertz CT molecular complexity index is 411. The number of hydrogen-bond donors (Lipinski definition) is 2. The van der Waals surface area contributed by atoms with E-state index in [1.165, 1.54) is 6.07 Å². The summed E-state index contributed by atoms with van der Waals surface area (Å²) in [6.45, 7) is 2.22. The van der Waals surface area contributed by atoms with Crippen molar-refractivity contribution in [3.63, 3.8) is 0 Å². The number of halogens is 2. The van der Waals surface area contributed by atoms with Crippen LogP contribution in [0.5, 0.6) is 0 Å². The number of benzene rings is 1. The van der Waals surface area contributed by atoms with E-state index in [0.29, 0.717) is 0 Å². The van der Waals surface area contributed by atoms with Gasteiger partial charge in [-0.3, -0.25) is 0 Å². The van der Waals surface area contributed by atoms with E-state index >= 15 is 0 Å². The van der Waals surface area contributed by atoms with E-state index in [-0.39, 0.29) is 24.5 Å². The second-order valence-corrected chi connectivity index (χ2v) is 5.45. The fourth-order valence-corrected chi connectivity index (χ4v) is 3.11. The van der Waals surface area contributed by atoms with Crippen LogP contribution in [0.2, 0.25) is 0 Å². The number of aliphatic hydroxyl groups is 1. The summed E-state index contributed by atoms with van der Waals surface area (Å²) < 4.78 is 14.6. The number of nitrogens with one attached hydrogen (secondary N) is 1. The topological polar surface area (TPSA) is 32.3 Å². The summed E-state index contributed by atoms with van der Waals surface area (Å²) in [5.41, 5.74) is 1.88. The zero-order valence-corrected chi connectivity index (χ0v) is 11.4. The van der Waals surface area contributed by atoms with Crippen LogP contribution in [-0.2, 0) is 6.42 Å². The molecular formula is C13H17BrFNO. The Hall–Kier alpha value is -0.450. The van der Waals surface area contributed by atoms with Crippen molar-refractivity contribution < 1.29 is 9.50 Å². The average Bonchev–Trinajstić information content (AvgIpc) is 2.69. The van der Waals surface area contributed by atoms with Crippen LogP contribution in [0, 0.1) is 5.82 Å². The predicted octanol–water partition coefficient (Wildman–Crippen LogP) is 2.94.